The average molecular weight is 527 g/mol. The Labute approximate surface area is 223 Å². The summed E-state index contributed by atoms with van der Waals surface area (Å²) in [5, 5.41) is 0.303. The molecule has 3 N–H and O–H groups in total. The average Bonchev–Trinajstić information content (AvgIpc) is 2.97. The van der Waals surface area contributed by atoms with Gasteiger partial charge < -0.3 is 20.2 Å². The summed E-state index contributed by atoms with van der Waals surface area (Å²) in [6.07, 6.45) is 4.40. The van der Waals surface area contributed by atoms with Crippen molar-refractivity contribution in [3.63, 3.8) is 0 Å². The van der Waals surface area contributed by atoms with Crippen LogP contribution in [0.2, 0.25) is 0 Å². The van der Waals surface area contributed by atoms with E-state index in [1.165, 1.54) is 36.7 Å². The number of ether oxygens (including phenoxy) is 2. The molecule has 0 spiro atoms. The van der Waals surface area contributed by atoms with E-state index in [0.717, 1.165) is 11.1 Å². The molecule has 2 aromatic heterocycles. The second-order valence-corrected chi connectivity index (χ2v) is 8.64. The van der Waals surface area contributed by atoms with Crippen LogP contribution in [0.15, 0.2) is 96.2 Å². The van der Waals surface area contributed by atoms with E-state index in [9.17, 15) is 9.18 Å². The van der Waals surface area contributed by atoms with Gasteiger partial charge in [-0.05, 0) is 59.2 Å². The summed E-state index contributed by atoms with van der Waals surface area (Å²) >= 11 is 0. The van der Waals surface area contributed by atoms with Crippen LogP contribution in [0, 0.1) is 5.82 Å². The molecule has 0 radical (unpaired) electrons. The number of aromatic nitrogens is 2. The minimum absolute atomic E-state index is 0.142. The second kappa shape index (κ2) is 10.7. The first-order valence-corrected chi connectivity index (χ1v) is 11.9. The molecular formula is C30H24F2N4O3. The van der Waals surface area contributed by atoms with Crippen LogP contribution in [0.1, 0.15) is 0 Å². The first-order valence-electron chi connectivity index (χ1n) is 11.9. The van der Waals surface area contributed by atoms with Gasteiger partial charge in [0, 0.05) is 35.3 Å². The van der Waals surface area contributed by atoms with Gasteiger partial charge in [0.05, 0.1) is 19.9 Å². The van der Waals surface area contributed by atoms with E-state index in [4.69, 9.17) is 15.2 Å². The SMILES string of the molecule is COc1ccc(-c2cnc(N)c(-c3ccc(N(F)c4c[nH]cc(-c5ccc(F)cc5)c4=O)cc3)c2)cc1OC. The van der Waals surface area contributed by atoms with Gasteiger partial charge in [-0.2, -0.15) is 5.12 Å². The van der Waals surface area contributed by atoms with Crippen LogP contribution < -0.4 is 25.8 Å². The fourth-order valence-corrected chi connectivity index (χ4v) is 4.25. The van der Waals surface area contributed by atoms with Crippen LogP contribution in [-0.4, -0.2) is 24.2 Å². The highest BCUT2D eigenvalue weighted by molar-refractivity contribution is 5.81. The fraction of sp³-hybridized carbons (Fsp3) is 0.0667. The number of nitrogens with two attached hydrogens (primary N) is 1. The van der Waals surface area contributed by atoms with E-state index in [1.807, 2.05) is 24.3 Å². The van der Waals surface area contributed by atoms with Crippen molar-refractivity contribution < 1.29 is 18.3 Å². The van der Waals surface area contributed by atoms with E-state index in [-0.39, 0.29) is 16.9 Å². The van der Waals surface area contributed by atoms with Gasteiger partial charge in [0.2, 0.25) is 5.43 Å². The summed E-state index contributed by atoms with van der Waals surface area (Å²) in [5.74, 6) is 1.08. The van der Waals surface area contributed by atoms with Crippen molar-refractivity contribution in [1.29, 1.82) is 0 Å². The maximum Gasteiger partial charge on any atom is 0.215 e. The third-order valence-corrected chi connectivity index (χ3v) is 6.33. The van der Waals surface area contributed by atoms with Crippen LogP contribution in [0.3, 0.4) is 0 Å². The molecule has 0 aliphatic rings. The van der Waals surface area contributed by atoms with Gasteiger partial charge in [-0.15, -0.1) is 0 Å². The van der Waals surface area contributed by atoms with E-state index in [2.05, 4.69) is 9.97 Å². The monoisotopic (exact) mass is 526 g/mol. The van der Waals surface area contributed by atoms with Crippen molar-refractivity contribution >= 4 is 17.2 Å². The van der Waals surface area contributed by atoms with Crippen LogP contribution in [0.5, 0.6) is 11.5 Å². The van der Waals surface area contributed by atoms with Crippen molar-refractivity contribution in [1.82, 2.24) is 9.97 Å². The van der Waals surface area contributed by atoms with Crippen molar-refractivity contribution in [2.24, 2.45) is 0 Å². The third-order valence-electron chi connectivity index (χ3n) is 6.33. The molecule has 7 nitrogen and oxygen atoms in total. The number of nitrogen functional groups attached to an aromatic ring is 1. The maximum absolute atomic E-state index is 15.4. The number of hydrogen-bond donors (Lipinski definition) is 2. The van der Waals surface area contributed by atoms with Crippen molar-refractivity contribution in [2.75, 3.05) is 25.1 Å². The molecule has 2 heterocycles. The van der Waals surface area contributed by atoms with Crippen LogP contribution in [-0.2, 0) is 0 Å². The molecule has 0 saturated heterocycles. The minimum Gasteiger partial charge on any atom is -0.493 e. The lowest BCUT2D eigenvalue weighted by molar-refractivity contribution is 0.355. The normalized spacial score (nSPS) is 10.8. The molecule has 0 aliphatic carbocycles. The molecule has 5 rings (SSSR count). The number of nitrogens with one attached hydrogen (secondary N) is 1. The molecule has 196 valence electrons. The molecule has 0 unspecified atom stereocenters. The summed E-state index contributed by atoms with van der Waals surface area (Å²) in [4.78, 5) is 20.2. The number of pyridine rings is 2. The van der Waals surface area contributed by atoms with Gasteiger partial charge in [0.1, 0.15) is 17.3 Å². The molecule has 5 aromatic rings. The topological polar surface area (TPSA) is 93.5 Å². The number of halogens is 2. The number of rotatable bonds is 7. The largest absolute Gasteiger partial charge is 0.493 e. The zero-order chi connectivity index (χ0) is 27.5. The van der Waals surface area contributed by atoms with Gasteiger partial charge in [-0.1, -0.05) is 34.8 Å². The van der Waals surface area contributed by atoms with Crippen molar-refractivity contribution in [2.45, 2.75) is 0 Å². The zero-order valence-electron chi connectivity index (χ0n) is 21.1. The summed E-state index contributed by atoms with van der Waals surface area (Å²) in [6.45, 7) is 0. The number of hydrogen-bond acceptors (Lipinski definition) is 6. The highest BCUT2D eigenvalue weighted by Gasteiger charge is 2.17. The Bertz CT molecular complexity index is 1690. The van der Waals surface area contributed by atoms with Crippen LogP contribution >= 0.6 is 0 Å². The van der Waals surface area contributed by atoms with Gasteiger partial charge in [-0.25, -0.2) is 9.37 Å². The molecule has 0 atom stereocenters. The van der Waals surface area contributed by atoms with Gasteiger partial charge in [-0.3, -0.25) is 4.79 Å². The molecule has 0 aliphatic heterocycles. The molecular weight excluding hydrogens is 502 g/mol. The van der Waals surface area contributed by atoms with Crippen LogP contribution in [0.4, 0.5) is 26.1 Å². The van der Waals surface area contributed by atoms with E-state index < -0.39 is 11.2 Å². The Morgan fingerprint density at radius 1 is 0.795 bits per heavy atom. The number of H-pyrrole nitrogens is 1. The smallest absolute Gasteiger partial charge is 0.215 e. The molecule has 39 heavy (non-hydrogen) atoms. The number of anilines is 3. The predicted octanol–water partition coefficient (Wildman–Crippen LogP) is 6.53. The lowest BCUT2D eigenvalue weighted by Crippen LogP contribution is -2.16. The summed E-state index contributed by atoms with van der Waals surface area (Å²) in [6, 6.07) is 19.3. The minimum atomic E-state index is -0.539. The lowest BCUT2D eigenvalue weighted by Gasteiger charge is -2.15. The Morgan fingerprint density at radius 2 is 1.44 bits per heavy atom. The molecule has 9 heteroatoms. The summed E-state index contributed by atoms with van der Waals surface area (Å²) in [7, 11) is 3.14. The van der Waals surface area contributed by atoms with E-state index in [0.29, 0.717) is 39.1 Å². The van der Waals surface area contributed by atoms with Crippen molar-refractivity contribution in [3.8, 4) is 44.9 Å². The molecule has 0 saturated carbocycles. The van der Waals surface area contributed by atoms with E-state index in [1.54, 1.807) is 44.7 Å². The Hall–Kier alpha value is -5.18. The number of methoxy groups -OCH3 is 2. The molecule has 0 fully saturated rings. The van der Waals surface area contributed by atoms with Gasteiger partial charge in [0.25, 0.3) is 0 Å². The number of aromatic amines is 1. The first-order chi connectivity index (χ1) is 18.9. The quantitative estimate of drug-likeness (QED) is 0.234. The first kappa shape index (κ1) is 25.5. The Balaban J connectivity index is 1.45. The Kier molecular flexibility index (Phi) is 6.96. The number of benzene rings is 3. The van der Waals surface area contributed by atoms with Crippen LogP contribution in [0.25, 0.3) is 33.4 Å². The van der Waals surface area contributed by atoms with Gasteiger partial charge >= 0.3 is 0 Å². The fourth-order valence-electron chi connectivity index (χ4n) is 4.25. The van der Waals surface area contributed by atoms with Gasteiger partial charge in [0.15, 0.2) is 11.5 Å². The highest BCUT2D eigenvalue weighted by atomic mass is 19.2. The summed E-state index contributed by atoms with van der Waals surface area (Å²) in [5.41, 5.74) is 9.31. The lowest BCUT2D eigenvalue weighted by atomic mass is 10.0. The zero-order valence-corrected chi connectivity index (χ0v) is 21.1. The Morgan fingerprint density at radius 3 is 2.13 bits per heavy atom. The third kappa shape index (κ3) is 5.02. The predicted molar refractivity (Wildman–Crippen MR) is 148 cm³/mol. The highest BCUT2D eigenvalue weighted by Crippen LogP contribution is 2.35. The molecule has 0 amide bonds. The molecule has 3 aromatic carbocycles. The molecule has 0 bridgehead atoms. The number of nitrogens with zero attached hydrogens (tertiary/aromatic N) is 2. The second-order valence-electron chi connectivity index (χ2n) is 8.64. The summed E-state index contributed by atoms with van der Waals surface area (Å²) < 4.78 is 39.4. The van der Waals surface area contributed by atoms with E-state index >= 15 is 4.48 Å². The standard InChI is InChI=1S/C30H24F2N4O3/c1-38-27-12-7-20(14-28(27)39-2)21-13-24(30(33)35-15-21)18-5-10-23(11-6-18)36(32)26-17-34-16-25(29(26)37)19-3-8-22(31)9-4-19/h3-17H,1-2H3,(H2,33,35)(H,34,37). The maximum atomic E-state index is 15.4. The van der Waals surface area contributed by atoms with Crippen molar-refractivity contribution in [3.05, 3.63) is 107 Å².